The van der Waals surface area contributed by atoms with Crippen LogP contribution in [0.5, 0.6) is 0 Å². The maximum Gasteiger partial charge on any atom is 0.346 e. The summed E-state index contributed by atoms with van der Waals surface area (Å²) in [5.41, 5.74) is 1.60. The molecule has 0 unspecified atom stereocenters. The number of hydrogen-bond donors (Lipinski definition) is 0. The van der Waals surface area contributed by atoms with Crippen molar-refractivity contribution in [2.75, 3.05) is 0 Å². The van der Waals surface area contributed by atoms with Crippen molar-refractivity contribution in [2.45, 2.75) is 38.3 Å². The number of carbonyl (C=O) groups excluding carboxylic acids is 1. The second-order valence-corrected chi connectivity index (χ2v) is 7.21. The van der Waals surface area contributed by atoms with E-state index in [1.807, 2.05) is 24.3 Å². The van der Waals surface area contributed by atoms with E-state index in [4.69, 9.17) is 11.6 Å². The quantitative estimate of drug-likeness (QED) is 0.628. The second kappa shape index (κ2) is 7.48. The minimum absolute atomic E-state index is 0.0145. The molecule has 0 amide bonds. The van der Waals surface area contributed by atoms with Crippen LogP contribution in [0.1, 0.15) is 30.9 Å². The van der Waals surface area contributed by atoms with Gasteiger partial charge in [0, 0.05) is 35.4 Å². The monoisotopic (exact) mass is 382 g/mol. The minimum Gasteiger partial charge on any atom is -0.298 e. The number of rotatable bonds is 7. The molecule has 0 radical (unpaired) electrons. The molecular weight excluding hydrogens is 364 g/mol. The molecule has 7 heteroatoms. The molecule has 1 aliphatic carbocycles. The molecule has 0 aliphatic heterocycles. The number of nitrogens with zero attached hydrogens (tertiary/aromatic N) is 4. The van der Waals surface area contributed by atoms with Crippen LogP contribution in [-0.2, 0) is 17.8 Å². The van der Waals surface area contributed by atoms with Crippen molar-refractivity contribution in [1.82, 2.24) is 19.3 Å². The molecule has 1 aromatic carbocycles. The van der Waals surface area contributed by atoms with Crippen LogP contribution in [0.15, 0.2) is 53.6 Å². The fourth-order valence-electron chi connectivity index (χ4n) is 3.06. The number of ketones is 1. The standard InChI is InChI=1S/C20H19ClN4O2/c21-16-6-4-15(5-7-16)19-23-24(20(27)25(19)17-8-9-17)13-18(26)10-3-14-2-1-11-22-12-14/h1-2,4-7,11-12,17H,3,8-10,13H2. The molecule has 1 aliphatic rings. The predicted octanol–water partition coefficient (Wildman–Crippen LogP) is 3.30. The Hall–Kier alpha value is -2.73. The molecule has 0 saturated heterocycles. The third-order valence-corrected chi connectivity index (χ3v) is 4.88. The molecule has 2 heterocycles. The van der Waals surface area contributed by atoms with E-state index in [1.165, 1.54) is 4.68 Å². The SMILES string of the molecule is O=C(CCc1cccnc1)Cn1nc(-c2ccc(Cl)cc2)n(C2CC2)c1=O. The highest BCUT2D eigenvalue weighted by atomic mass is 35.5. The molecule has 3 aromatic rings. The number of carbonyl (C=O) groups is 1. The molecule has 4 rings (SSSR count). The van der Waals surface area contributed by atoms with Crippen molar-refractivity contribution in [1.29, 1.82) is 0 Å². The van der Waals surface area contributed by atoms with E-state index in [9.17, 15) is 9.59 Å². The van der Waals surface area contributed by atoms with Gasteiger partial charge < -0.3 is 0 Å². The van der Waals surface area contributed by atoms with Gasteiger partial charge in [-0.05, 0) is 55.2 Å². The van der Waals surface area contributed by atoms with Crippen LogP contribution in [0.25, 0.3) is 11.4 Å². The Morgan fingerprint density at radius 3 is 2.63 bits per heavy atom. The summed E-state index contributed by atoms with van der Waals surface area (Å²) >= 11 is 5.96. The van der Waals surface area contributed by atoms with Gasteiger partial charge in [0.25, 0.3) is 0 Å². The topological polar surface area (TPSA) is 69.8 Å². The lowest BCUT2D eigenvalue weighted by molar-refractivity contribution is -0.119. The Labute approximate surface area is 161 Å². The molecule has 0 atom stereocenters. The van der Waals surface area contributed by atoms with E-state index in [2.05, 4.69) is 10.1 Å². The Balaban J connectivity index is 1.54. The first-order valence-corrected chi connectivity index (χ1v) is 9.35. The highest BCUT2D eigenvalue weighted by Crippen LogP contribution is 2.36. The zero-order chi connectivity index (χ0) is 18.8. The summed E-state index contributed by atoms with van der Waals surface area (Å²) < 4.78 is 2.99. The summed E-state index contributed by atoms with van der Waals surface area (Å²) in [4.78, 5) is 29.2. The first-order valence-electron chi connectivity index (χ1n) is 8.98. The van der Waals surface area contributed by atoms with Crippen LogP contribution in [0.2, 0.25) is 5.02 Å². The minimum atomic E-state index is -0.225. The summed E-state index contributed by atoms with van der Waals surface area (Å²) in [5.74, 6) is 0.572. The van der Waals surface area contributed by atoms with Gasteiger partial charge in [0.05, 0.1) is 0 Å². The highest BCUT2D eigenvalue weighted by Gasteiger charge is 2.30. The molecule has 1 fully saturated rings. The maximum atomic E-state index is 12.8. The number of hydrogen-bond acceptors (Lipinski definition) is 4. The first-order chi connectivity index (χ1) is 13.1. The number of aromatic nitrogens is 4. The molecule has 6 nitrogen and oxygen atoms in total. The van der Waals surface area contributed by atoms with E-state index < -0.39 is 0 Å². The van der Waals surface area contributed by atoms with E-state index in [0.29, 0.717) is 23.7 Å². The summed E-state index contributed by atoms with van der Waals surface area (Å²) in [7, 11) is 0. The zero-order valence-electron chi connectivity index (χ0n) is 14.7. The largest absolute Gasteiger partial charge is 0.346 e. The van der Waals surface area contributed by atoms with Gasteiger partial charge >= 0.3 is 5.69 Å². The molecule has 27 heavy (non-hydrogen) atoms. The van der Waals surface area contributed by atoms with E-state index in [0.717, 1.165) is 24.0 Å². The Bertz CT molecular complexity index is 1000. The van der Waals surface area contributed by atoms with Crippen LogP contribution >= 0.6 is 11.6 Å². The highest BCUT2D eigenvalue weighted by molar-refractivity contribution is 6.30. The average molecular weight is 383 g/mol. The normalized spacial score (nSPS) is 13.7. The lowest BCUT2D eigenvalue weighted by atomic mass is 10.1. The number of halogens is 1. The summed E-state index contributed by atoms with van der Waals surface area (Å²) in [6.45, 7) is -0.0145. The molecule has 0 spiro atoms. The van der Waals surface area contributed by atoms with Crippen molar-refractivity contribution in [2.24, 2.45) is 0 Å². The Morgan fingerprint density at radius 2 is 1.96 bits per heavy atom. The number of pyridine rings is 1. The molecule has 1 saturated carbocycles. The van der Waals surface area contributed by atoms with Crippen molar-refractivity contribution in [3.63, 3.8) is 0 Å². The smallest absolute Gasteiger partial charge is 0.298 e. The molecule has 2 aromatic heterocycles. The maximum absolute atomic E-state index is 12.8. The van der Waals surface area contributed by atoms with Gasteiger partial charge in [-0.2, -0.15) is 0 Å². The van der Waals surface area contributed by atoms with Crippen molar-refractivity contribution in [3.05, 3.63) is 69.9 Å². The first kappa shape index (κ1) is 17.7. The van der Waals surface area contributed by atoms with Crippen LogP contribution in [0.4, 0.5) is 0 Å². The summed E-state index contributed by atoms with van der Waals surface area (Å²) in [6, 6.07) is 11.2. The van der Waals surface area contributed by atoms with Crippen LogP contribution in [-0.4, -0.2) is 25.1 Å². The van der Waals surface area contributed by atoms with Gasteiger partial charge in [-0.1, -0.05) is 17.7 Å². The van der Waals surface area contributed by atoms with Gasteiger partial charge in [0.2, 0.25) is 0 Å². The van der Waals surface area contributed by atoms with Crippen LogP contribution < -0.4 is 5.69 Å². The van der Waals surface area contributed by atoms with Gasteiger partial charge in [-0.15, -0.1) is 5.10 Å². The third-order valence-electron chi connectivity index (χ3n) is 4.63. The van der Waals surface area contributed by atoms with Gasteiger partial charge in [-0.3, -0.25) is 14.3 Å². The predicted molar refractivity (Wildman–Crippen MR) is 103 cm³/mol. The Kier molecular flexibility index (Phi) is 4.90. The average Bonchev–Trinajstić information content (AvgIpc) is 3.46. The fraction of sp³-hybridized carbons (Fsp3) is 0.300. The van der Waals surface area contributed by atoms with Crippen LogP contribution in [0, 0.1) is 0 Å². The Morgan fingerprint density at radius 1 is 1.19 bits per heavy atom. The fourth-order valence-corrected chi connectivity index (χ4v) is 3.18. The molecular formula is C20H19ClN4O2. The summed E-state index contributed by atoms with van der Waals surface area (Å²) in [6.07, 6.45) is 6.33. The van der Waals surface area contributed by atoms with Gasteiger partial charge in [0.15, 0.2) is 11.6 Å². The van der Waals surface area contributed by atoms with Crippen LogP contribution in [0.3, 0.4) is 0 Å². The lowest BCUT2D eigenvalue weighted by Crippen LogP contribution is -2.27. The van der Waals surface area contributed by atoms with Crippen molar-refractivity contribution < 1.29 is 4.79 Å². The molecule has 0 N–H and O–H groups in total. The zero-order valence-corrected chi connectivity index (χ0v) is 15.5. The van der Waals surface area contributed by atoms with E-state index >= 15 is 0 Å². The van der Waals surface area contributed by atoms with E-state index in [-0.39, 0.29) is 24.1 Å². The molecule has 138 valence electrons. The number of aryl methyl sites for hydroxylation is 1. The van der Waals surface area contributed by atoms with E-state index in [1.54, 1.807) is 29.1 Å². The number of Topliss-reactive ketones (excluding diaryl/α,β-unsaturated/α-hetero) is 1. The number of benzene rings is 1. The van der Waals surface area contributed by atoms with Gasteiger partial charge in [-0.25, -0.2) is 9.48 Å². The van der Waals surface area contributed by atoms with Crippen molar-refractivity contribution in [3.8, 4) is 11.4 Å². The second-order valence-electron chi connectivity index (χ2n) is 6.77. The summed E-state index contributed by atoms with van der Waals surface area (Å²) in [5, 5.41) is 5.09. The van der Waals surface area contributed by atoms with Gasteiger partial charge in [0.1, 0.15) is 6.54 Å². The third kappa shape index (κ3) is 4.01. The molecule has 0 bridgehead atoms. The van der Waals surface area contributed by atoms with Crippen molar-refractivity contribution >= 4 is 17.4 Å². The lowest BCUT2D eigenvalue weighted by Gasteiger charge is -2.03.